The van der Waals surface area contributed by atoms with Crippen molar-refractivity contribution in [2.75, 3.05) is 19.6 Å². The summed E-state index contributed by atoms with van der Waals surface area (Å²) in [7, 11) is 5.96. The Kier molecular flexibility index (Phi) is 1.33. The van der Waals surface area contributed by atoms with Gasteiger partial charge in [-0.15, -0.1) is 0 Å². The van der Waals surface area contributed by atoms with Gasteiger partial charge < -0.3 is 9.50 Å². The Bertz CT molecular complexity index is 143. The van der Waals surface area contributed by atoms with E-state index in [1.165, 1.54) is 0 Å². The highest BCUT2D eigenvalue weighted by Crippen LogP contribution is 2.31. The topological polar surface area (TPSA) is 20.2 Å². The van der Waals surface area contributed by atoms with Crippen molar-refractivity contribution >= 4 is 7.98 Å². The molecule has 3 aliphatic heterocycles. The Balaban J connectivity index is 2.14. The van der Waals surface area contributed by atoms with Crippen molar-refractivity contribution in [3.05, 3.63) is 0 Å². The van der Waals surface area contributed by atoms with Crippen LogP contribution in [-0.4, -0.2) is 43.2 Å². The third-order valence-corrected chi connectivity index (χ3v) is 2.99. The summed E-state index contributed by atoms with van der Waals surface area (Å²) in [6.07, 6.45) is 2.13. The summed E-state index contributed by atoms with van der Waals surface area (Å²) in [6.45, 7) is 2.92. The highest BCUT2D eigenvalue weighted by Gasteiger charge is 2.35. The number of fused-ring (bicyclic) bond motifs is 3. The molecule has 3 rings (SSSR count). The van der Waals surface area contributed by atoms with Crippen molar-refractivity contribution < 1.29 is 9.50 Å². The molecule has 0 saturated carbocycles. The SMILES string of the molecule is [B-][N+]12CCC(CC1)[C@H](O)C2. The third kappa shape index (κ3) is 0.885. The van der Waals surface area contributed by atoms with E-state index in [1.807, 2.05) is 0 Å². The van der Waals surface area contributed by atoms with E-state index in [0.717, 1.165) is 32.5 Å². The van der Waals surface area contributed by atoms with E-state index in [0.29, 0.717) is 10.3 Å². The lowest BCUT2D eigenvalue weighted by atomic mass is 9.81. The fourth-order valence-electron chi connectivity index (χ4n) is 2.19. The number of aliphatic hydroxyl groups is 1. The second-order valence-electron chi connectivity index (χ2n) is 3.75. The molecule has 2 nitrogen and oxygen atoms in total. The number of quaternary nitrogens is 1. The summed E-state index contributed by atoms with van der Waals surface area (Å²) in [5.74, 6) is 0.559. The largest absolute Gasteiger partial charge is 0.586 e. The Hall–Kier alpha value is -0.0151. The van der Waals surface area contributed by atoms with Crippen LogP contribution in [0, 0.1) is 5.92 Å². The Morgan fingerprint density at radius 1 is 1.30 bits per heavy atom. The van der Waals surface area contributed by atoms with Crippen LogP contribution < -0.4 is 0 Å². The lowest BCUT2D eigenvalue weighted by Gasteiger charge is -2.60. The molecule has 2 bridgehead atoms. The van der Waals surface area contributed by atoms with E-state index in [-0.39, 0.29) is 6.10 Å². The standard InChI is InChI=1S/C7H13BNO/c8-9-3-1-6(2-4-9)7(10)5-9/h6-7,10H,1-5H2/t6?,7-,9?/m1/s1. The number of aliphatic hydroxyl groups excluding tert-OH is 1. The van der Waals surface area contributed by atoms with Crippen LogP contribution in [0.5, 0.6) is 0 Å². The summed E-state index contributed by atoms with van der Waals surface area (Å²) in [4.78, 5) is 0. The fraction of sp³-hybridized carbons (Fsp3) is 1.00. The normalized spacial score (nSPS) is 53.4. The molecule has 1 N–H and O–H groups in total. The average Bonchev–Trinajstić information content (AvgIpc) is 1.87. The van der Waals surface area contributed by atoms with Gasteiger partial charge >= 0.3 is 0 Å². The maximum absolute atomic E-state index is 9.47. The molecule has 55 valence electrons. The number of nitrogens with zero attached hydrogens (tertiary/aromatic N) is 1. The smallest absolute Gasteiger partial charge is 0.102 e. The molecule has 0 aromatic carbocycles. The first-order valence-electron chi connectivity index (χ1n) is 4.02. The molecule has 3 heteroatoms. The van der Waals surface area contributed by atoms with Crippen LogP contribution in [0.2, 0.25) is 0 Å². The summed E-state index contributed by atoms with van der Waals surface area (Å²) >= 11 is 0. The molecule has 3 fully saturated rings. The van der Waals surface area contributed by atoms with E-state index in [2.05, 4.69) is 0 Å². The lowest BCUT2D eigenvalue weighted by molar-refractivity contribution is -0.840. The number of hydrogen-bond acceptors (Lipinski definition) is 1. The van der Waals surface area contributed by atoms with Crippen LogP contribution in [0.15, 0.2) is 0 Å². The molecule has 3 aliphatic rings. The van der Waals surface area contributed by atoms with Crippen LogP contribution >= 0.6 is 0 Å². The van der Waals surface area contributed by atoms with Gasteiger partial charge in [-0.05, 0) is 12.8 Å². The molecule has 0 unspecified atom stereocenters. The fourth-order valence-corrected chi connectivity index (χ4v) is 2.19. The maximum Gasteiger partial charge on any atom is 0.102 e. The van der Waals surface area contributed by atoms with Crippen molar-refractivity contribution in [3.63, 3.8) is 0 Å². The molecule has 10 heavy (non-hydrogen) atoms. The van der Waals surface area contributed by atoms with Gasteiger partial charge in [-0.25, -0.2) is 7.98 Å². The first kappa shape index (κ1) is 6.68. The zero-order valence-corrected chi connectivity index (χ0v) is 6.16. The lowest BCUT2D eigenvalue weighted by Crippen LogP contribution is -2.62. The molecule has 0 spiro atoms. The van der Waals surface area contributed by atoms with Gasteiger partial charge in [0.2, 0.25) is 0 Å². The van der Waals surface area contributed by atoms with Gasteiger partial charge in [-0.2, -0.15) is 0 Å². The van der Waals surface area contributed by atoms with Gasteiger partial charge in [0.05, 0.1) is 6.54 Å². The van der Waals surface area contributed by atoms with Gasteiger partial charge in [0, 0.05) is 19.0 Å². The van der Waals surface area contributed by atoms with E-state index in [9.17, 15) is 5.11 Å². The van der Waals surface area contributed by atoms with Crippen molar-refractivity contribution in [2.24, 2.45) is 5.92 Å². The quantitative estimate of drug-likeness (QED) is 0.454. The molecule has 3 radical (unpaired) electrons. The second kappa shape index (κ2) is 1.99. The van der Waals surface area contributed by atoms with Crippen LogP contribution in [0.1, 0.15) is 12.8 Å². The van der Waals surface area contributed by atoms with Crippen LogP contribution in [0.4, 0.5) is 0 Å². The molecule has 0 amide bonds. The minimum absolute atomic E-state index is 0.118. The zero-order chi connectivity index (χ0) is 7.19. The average molecular weight is 138 g/mol. The molecule has 3 heterocycles. The van der Waals surface area contributed by atoms with Crippen LogP contribution in [0.25, 0.3) is 0 Å². The first-order valence-corrected chi connectivity index (χ1v) is 4.02. The highest BCUT2D eigenvalue weighted by molar-refractivity contribution is 5.97. The van der Waals surface area contributed by atoms with Crippen molar-refractivity contribution in [1.82, 2.24) is 0 Å². The van der Waals surface area contributed by atoms with Gasteiger partial charge in [-0.1, -0.05) is 0 Å². The maximum atomic E-state index is 9.47. The number of piperidine rings is 3. The molecule has 1 atom stereocenters. The summed E-state index contributed by atoms with van der Waals surface area (Å²) in [5.41, 5.74) is 0. The summed E-state index contributed by atoms with van der Waals surface area (Å²) < 4.78 is 0.623. The molecule has 0 aromatic rings. The third-order valence-electron chi connectivity index (χ3n) is 2.99. The van der Waals surface area contributed by atoms with Gasteiger partial charge in [0.15, 0.2) is 0 Å². The predicted molar refractivity (Wildman–Crippen MR) is 39.3 cm³/mol. The van der Waals surface area contributed by atoms with Crippen molar-refractivity contribution in [1.29, 1.82) is 0 Å². The van der Waals surface area contributed by atoms with Gasteiger partial charge in [0.1, 0.15) is 6.10 Å². The van der Waals surface area contributed by atoms with E-state index in [4.69, 9.17) is 7.98 Å². The van der Waals surface area contributed by atoms with E-state index < -0.39 is 0 Å². The summed E-state index contributed by atoms with van der Waals surface area (Å²) in [5, 5.41) is 9.47. The molecule has 3 saturated heterocycles. The molecular weight excluding hydrogens is 125 g/mol. The predicted octanol–water partition coefficient (Wildman–Crippen LogP) is -0.329. The summed E-state index contributed by atoms with van der Waals surface area (Å²) in [6, 6.07) is 0. The van der Waals surface area contributed by atoms with Crippen molar-refractivity contribution in [3.8, 4) is 0 Å². The van der Waals surface area contributed by atoms with Gasteiger partial charge in [0.25, 0.3) is 0 Å². The Morgan fingerprint density at radius 3 is 2.20 bits per heavy atom. The molecule has 0 aromatic heterocycles. The Morgan fingerprint density at radius 2 is 1.90 bits per heavy atom. The first-order chi connectivity index (χ1) is 4.70. The number of rotatable bonds is 0. The van der Waals surface area contributed by atoms with Crippen molar-refractivity contribution in [2.45, 2.75) is 18.9 Å². The number of hydrogen-bond donors (Lipinski definition) is 1. The van der Waals surface area contributed by atoms with E-state index >= 15 is 0 Å². The highest BCUT2D eigenvalue weighted by atomic mass is 16.3. The van der Waals surface area contributed by atoms with Gasteiger partial charge in [-0.3, -0.25) is 0 Å². The molecular formula is C7H13BNO. The van der Waals surface area contributed by atoms with Crippen LogP contribution in [0.3, 0.4) is 0 Å². The van der Waals surface area contributed by atoms with E-state index in [1.54, 1.807) is 0 Å². The minimum Gasteiger partial charge on any atom is -0.586 e. The van der Waals surface area contributed by atoms with Crippen LogP contribution in [-0.2, 0) is 0 Å². The Labute approximate surface area is 62.9 Å². The monoisotopic (exact) mass is 138 g/mol. The second-order valence-corrected chi connectivity index (χ2v) is 3.75. The minimum atomic E-state index is -0.118. The zero-order valence-electron chi connectivity index (χ0n) is 6.16. The molecule has 0 aliphatic carbocycles.